The van der Waals surface area contributed by atoms with E-state index in [1.165, 1.54) is 0 Å². The first-order valence-corrected chi connectivity index (χ1v) is 7.42. The Morgan fingerprint density at radius 2 is 1.86 bits per heavy atom. The zero-order chi connectivity index (χ0) is 15.7. The lowest BCUT2D eigenvalue weighted by atomic mass is 10.3. The molecular weight excluding hydrogens is 325 g/mol. The molecule has 2 amide bonds. The maximum atomic E-state index is 12.0. The molecule has 22 heavy (non-hydrogen) atoms. The number of carbonyl (C=O) groups is 2. The minimum Gasteiger partial charge on any atom is -0.333 e. The monoisotopic (exact) mass is 347 g/mol. The smallest absolute Gasteiger partial charge is 0.243 e. The first-order valence-electron chi connectivity index (χ1n) is 7.04. The van der Waals surface area contributed by atoms with Gasteiger partial charge in [0.15, 0.2) is 0 Å². The van der Waals surface area contributed by atoms with Crippen LogP contribution in [0, 0.1) is 0 Å². The van der Waals surface area contributed by atoms with Crippen molar-refractivity contribution in [3.05, 3.63) is 29.3 Å². The van der Waals surface area contributed by atoms with E-state index < -0.39 is 0 Å². The predicted octanol–water partition coefficient (Wildman–Crippen LogP) is 2.55. The first kappa shape index (κ1) is 20.7. The number of benzene rings is 1. The summed E-state index contributed by atoms with van der Waals surface area (Å²) < 4.78 is 0. The Kier molecular flexibility index (Phi) is 10.6. The molecule has 0 aliphatic heterocycles. The quantitative estimate of drug-likeness (QED) is 0.759. The van der Waals surface area contributed by atoms with E-state index in [1.807, 2.05) is 6.92 Å². The van der Waals surface area contributed by atoms with Crippen LogP contribution >= 0.6 is 24.0 Å². The molecule has 0 heterocycles. The molecule has 5 nitrogen and oxygen atoms in total. The summed E-state index contributed by atoms with van der Waals surface area (Å²) in [4.78, 5) is 25.6. The fourth-order valence-electron chi connectivity index (χ4n) is 1.86. The second-order valence-electron chi connectivity index (χ2n) is 4.72. The summed E-state index contributed by atoms with van der Waals surface area (Å²) in [5.41, 5.74) is 0.670. The van der Waals surface area contributed by atoms with Gasteiger partial charge in [0.1, 0.15) is 0 Å². The van der Waals surface area contributed by atoms with Crippen molar-refractivity contribution in [1.29, 1.82) is 0 Å². The van der Waals surface area contributed by atoms with E-state index in [4.69, 9.17) is 11.6 Å². The van der Waals surface area contributed by atoms with Crippen LogP contribution in [0.5, 0.6) is 0 Å². The number of anilines is 1. The van der Waals surface area contributed by atoms with E-state index in [0.29, 0.717) is 30.2 Å². The van der Waals surface area contributed by atoms with Gasteiger partial charge in [0.2, 0.25) is 11.8 Å². The van der Waals surface area contributed by atoms with E-state index in [2.05, 4.69) is 10.6 Å². The highest BCUT2D eigenvalue weighted by Gasteiger charge is 2.15. The number of nitrogens with zero attached hydrogens (tertiary/aromatic N) is 1. The van der Waals surface area contributed by atoms with Gasteiger partial charge in [-0.15, -0.1) is 12.4 Å². The SMILES string of the molecule is CCCN(CC(=O)Nc1ccc(Cl)cc1)C(=O)CCNC.Cl. The van der Waals surface area contributed by atoms with Crippen molar-refractivity contribution in [2.45, 2.75) is 19.8 Å². The van der Waals surface area contributed by atoms with E-state index in [0.717, 1.165) is 6.42 Å². The summed E-state index contributed by atoms with van der Waals surface area (Å²) in [5.74, 6) is -0.221. The second-order valence-corrected chi connectivity index (χ2v) is 5.16. The number of nitrogens with one attached hydrogen (secondary N) is 2. The molecule has 0 fully saturated rings. The van der Waals surface area contributed by atoms with Gasteiger partial charge < -0.3 is 15.5 Å². The van der Waals surface area contributed by atoms with E-state index in [-0.39, 0.29) is 30.8 Å². The topological polar surface area (TPSA) is 61.4 Å². The molecular formula is C15H23Cl2N3O2. The van der Waals surface area contributed by atoms with Crippen molar-refractivity contribution in [1.82, 2.24) is 10.2 Å². The van der Waals surface area contributed by atoms with E-state index >= 15 is 0 Å². The molecule has 1 aromatic carbocycles. The Morgan fingerprint density at radius 3 is 2.41 bits per heavy atom. The number of halogens is 2. The van der Waals surface area contributed by atoms with Gasteiger partial charge in [-0.3, -0.25) is 9.59 Å². The van der Waals surface area contributed by atoms with Crippen LogP contribution in [0.3, 0.4) is 0 Å². The fraction of sp³-hybridized carbons (Fsp3) is 0.467. The summed E-state index contributed by atoms with van der Waals surface area (Å²) in [6.45, 7) is 3.24. The first-order chi connectivity index (χ1) is 10.1. The van der Waals surface area contributed by atoms with Gasteiger partial charge in [0.05, 0.1) is 6.54 Å². The van der Waals surface area contributed by atoms with Crippen LogP contribution in [0.25, 0.3) is 0 Å². The minimum atomic E-state index is -0.205. The molecule has 2 N–H and O–H groups in total. The van der Waals surface area contributed by atoms with Crippen LogP contribution in [-0.4, -0.2) is 43.4 Å². The third-order valence-corrected chi connectivity index (χ3v) is 3.15. The van der Waals surface area contributed by atoms with Crippen LogP contribution in [0.15, 0.2) is 24.3 Å². The summed E-state index contributed by atoms with van der Waals surface area (Å²) in [5, 5.41) is 6.31. The Bertz CT molecular complexity index is 466. The van der Waals surface area contributed by atoms with Crippen LogP contribution in [0.4, 0.5) is 5.69 Å². The van der Waals surface area contributed by atoms with E-state index in [1.54, 1.807) is 36.2 Å². The number of hydrogen-bond acceptors (Lipinski definition) is 3. The Morgan fingerprint density at radius 1 is 1.23 bits per heavy atom. The van der Waals surface area contributed by atoms with Crippen molar-refractivity contribution < 1.29 is 9.59 Å². The van der Waals surface area contributed by atoms with Crippen LogP contribution in [0.1, 0.15) is 19.8 Å². The van der Waals surface area contributed by atoms with Crippen molar-refractivity contribution in [3.63, 3.8) is 0 Å². The number of rotatable bonds is 8. The van der Waals surface area contributed by atoms with Gasteiger partial charge in [-0.25, -0.2) is 0 Å². The van der Waals surface area contributed by atoms with Gasteiger partial charge in [-0.05, 0) is 37.7 Å². The molecule has 124 valence electrons. The lowest BCUT2D eigenvalue weighted by Crippen LogP contribution is -2.39. The molecule has 0 aromatic heterocycles. The number of carbonyl (C=O) groups excluding carboxylic acids is 2. The van der Waals surface area contributed by atoms with Crippen LogP contribution in [0.2, 0.25) is 5.02 Å². The third-order valence-electron chi connectivity index (χ3n) is 2.90. The maximum Gasteiger partial charge on any atom is 0.243 e. The van der Waals surface area contributed by atoms with Gasteiger partial charge in [0.25, 0.3) is 0 Å². The average molecular weight is 348 g/mol. The molecule has 0 atom stereocenters. The minimum absolute atomic E-state index is 0. The highest BCUT2D eigenvalue weighted by Crippen LogP contribution is 2.13. The van der Waals surface area contributed by atoms with Gasteiger partial charge in [-0.2, -0.15) is 0 Å². The highest BCUT2D eigenvalue weighted by atomic mass is 35.5. The van der Waals surface area contributed by atoms with Crippen molar-refractivity contribution in [2.24, 2.45) is 0 Å². The van der Waals surface area contributed by atoms with Crippen LogP contribution in [-0.2, 0) is 9.59 Å². The molecule has 1 rings (SSSR count). The molecule has 0 aliphatic rings. The van der Waals surface area contributed by atoms with E-state index in [9.17, 15) is 9.59 Å². The second kappa shape index (κ2) is 11.3. The molecule has 0 bridgehead atoms. The molecule has 0 unspecified atom stereocenters. The fourth-order valence-corrected chi connectivity index (χ4v) is 1.98. The Hall–Kier alpha value is -1.30. The Labute approximate surface area is 142 Å². The Balaban J connectivity index is 0.00000441. The summed E-state index contributed by atoms with van der Waals surface area (Å²) in [6.07, 6.45) is 1.21. The molecule has 0 radical (unpaired) electrons. The zero-order valence-electron chi connectivity index (χ0n) is 12.9. The molecule has 0 spiro atoms. The third kappa shape index (κ3) is 7.64. The molecule has 0 aliphatic carbocycles. The van der Waals surface area contributed by atoms with Crippen molar-refractivity contribution >= 4 is 41.5 Å². The number of hydrogen-bond donors (Lipinski definition) is 2. The maximum absolute atomic E-state index is 12.0. The predicted molar refractivity (Wildman–Crippen MR) is 92.7 cm³/mol. The van der Waals surface area contributed by atoms with Gasteiger partial charge in [0, 0.05) is 30.2 Å². The summed E-state index contributed by atoms with van der Waals surface area (Å²) in [6, 6.07) is 6.87. The molecule has 7 heteroatoms. The van der Waals surface area contributed by atoms with Crippen molar-refractivity contribution in [3.8, 4) is 0 Å². The highest BCUT2D eigenvalue weighted by molar-refractivity contribution is 6.30. The van der Waals surface area contributed by atoms with Gasteiger partial charge >= 0.3 is 0 Å². The number of amides is 2. The molecule has 0 saturated heterocycles. The van der Waals surface area contributed by atoms with Gasteiger partial charge in [-0.1, -0.05) is 18.5 Å². The normalized spacial score (nSPS) is 9.77. The summed E-state index contributed by atoms with van der Waals surface area (Å²) >= 11 is 5.79. The molecule has 1 aromatic rings. The summed E-state index contributed by atoms with van der Waals surface area (Å²) in [7, 11) is 1.80. The largest absolute Gasteiger partial charge is 0.333 e. The lowest BCUT2D eigenvalue weighted by Gasteiger charge is -2.21. The lowest BCUT2D eigenvalue weighted by molar-refractivity contribution is -0.134. The van der Waals surface area contributed by atoms with Crippen LogP contribution < -0.4 is 10.6 Å². The standard InChI is InChI=1S/C15H22ClN3O2.ClH/c1-3-10-19(15(21)8-9-17-2)11-14(20)18-13-6-4-12(16)5-7-13;/h4-7,17H,3,8-11H2,1-2H3,(H,18,20);1H. The zero-order valence-corrected chi connectivity index (χ0v) is 14.5. The average Bonchev–Trinajstić information content (AvgIpc) is 2.46. The molecule has 0 saturated carbocycles. The van der Waals surface area contributed by atoms with Crippen molar-refractivity contribution in [2.75, 3.05) is 32.0 Å².